The molecule has 2 N–H and O–H groups in total. The summed E-state index contributed by atoms with van der Waals surface area (Å²) >= 11 is 0. The number of hydrogen-bond acceptors (Lipinski definition) is 4. The Kier molecular flexibility index (Phi) is 7.44. The first kappa shape index (κ1) is 19.0. The maximum Gasteiger partial charge on any atom is 0.226 e. The molecule has 0 unspecified atom stereocenters. The average Bonchev–Trinajstić information content (AvgIpc) is 3.07. The number of aryl methyl sites for hydroxylation is 2. The zero-order valence-corrected chi connectivity index (χ0v) is 15.7. The van der Waals surface area contributed by atoms with Gasteiger partial charge in [-0.2, -0.15) is 4.98 Å². The van der Waals surface area contributed by atoms with Crippen molar-refractivity contribution in [3.8, 4) is 0 Å². The number of guanidine groups is 1. The van der Waals surface area contributed by atoms with Gasteiger partial charge in [0.25, 0.3) is 0 Å². The van der Waals surface area contributed by atoms with Crippen molar-refractivity contribution < 1.29 is 4.52 Å². The van der Waals surface area contributed by atoms with Crippen molar-refractivity contribution in [2.75, 3.05) is 13.1 Å². The zero-order valence-electron chi connectivity index (χ0n) is 15.7. The fourth-order valence-corrected chi connectivity index (χ4v) is 2.26. The number of aliphatic imine (C=N–C) groups is 1. The highest BCUT2D eigenvalue weighted by atomic mass is 16.5. The van der Waals surface area contributed by atoms with E-state index in [2.05, 4.69) is 77.7 Å². The molecule has 0 amide bonds. The second kappa shape index (κ2) is 9.81. The molecule has 0 fully saturated rings. The van der Waals surface area contributed by atoms with E-state index in [9.17, 15) is 0 Å². The Balaban J connectivity index is 1.78. The Labute approximate surface area is 150 Å². The fourth-order valence-electron chi connectivity index (χ4n) is 2.26. The highest BCUT2D eigenvalue weighted by Crippen LogP contribution is 2.10. The molecule has 1 heterocycles. The lowest BCUT2D eigenvalue weighted by Crippen LogP contribution is -2.37. The second-order valence-electron chi connectivity index (χ2n) is 6.41. The summed E-state index contributed by atoms with van der Waals surface area (Å²) in [5, 5.41) is 10.6. The van der Waals surface area contributed by atoms with E-state index in [4.69, 9.17) is 4.52 Å². The summed E-state index contributed by atoms with van der Waals surface area (Å²) in [5.74, 6) is 2.60. The Morgan fingerprint density at radius 1 is 1.20 bits per heavy atom. The summed E-state index contributed by atoms with van der Waals surface area (Å²) in [7, 11) is 0. The van der Waals surface area contributed by atoms with Crippen LogP contribution in [0.1, 0.15) is 56.0 Å². The number of nitrogens with one attached hydrogen (secondary N) is 2. The standard InChI is InChI=1S/C19H29N5O/c1-5-20-19(22-13-16-10-8-15(4)9-11-16)21-12-6-7-17-23-18(14(2)3)24-25-17/h8-11,14H,5-7,12-13H2,1-4H3,(H2,20,21,22). The molecule has 0 spiro atoms. The minimum absolute atomic E-state index is 0.296. The van der Waals surface area contributed by atoms with E-state index in [0.717, 1.165) is 37.7 Å². The molecule has 6 nitrogen and oxygen atoms in total. The Hall–Kier alpha value is -2.37. The minimum Gasteiger partial charge on any atom is -0.357 e. The van der Waals surface area contributed by atoms with Crippen molar-refractivity contribution in [3.63, 3.8) is 0 Å². The van der Waals surface area contributed by atoms with Gasteiger partial charge in [-0.15, -0.1) is 0 Å². The predicted molar refractivity (Wildman–Crippen MR) is 101 cm³/mol. The van der Waals surface area contributed by atoms with Crippen LogP contribution in [-0.2, 0) is 13.0 Å². The highest BCUT2D eigenvalue weighted by molar-refractivity contribution is 5.79. The molecule has 0 bridgehead atoms. The SMILES string of the molecule is CCNC(=NCc1ccc(C)cc1)NCCCc1nc(C(C)C)no1. The number of nitrogens with zero attached hydrogens (tertiary/aromatic N) is 3. The van der Waals surface area contributed by atoms with Crippen LogP contribution in [0.4, 0.5) is 0 Å². The molecule has 25 heavy (non-hydrogen) atoms. The van der Waals surface area contributed by atoms with Gasteiger partial charge in [0.2, 0.25) is 5.89 Å². The van der Waals surface area contributed by atoms with Crippen molar-refractivity contribution in [1.29, 1.82) is 0 Å². The van der Waals surface area contributed by atoms with Crippen LogP contribution in [-0.4, -0.2) is 29.2 Å². The second-order valence-corrected chi connectivity index (χ2v) is 6.41. The van der Waals surface area contributed by atoms with E-state index < -0.39 is 0 Å². The van der Waals surface area contributed by atoms with Gasteiger partial charge < -0.3 is 15.2 Å². The molecule has 6 heteroatoms. The van der Waals surface area contributed by atoms with Gasteiger partial charge in [-0.05, 0) is 25.8 Å². The Bertz CT molecular complexity index is 661. The van der Waals surface area contributed by atoms with E-state index in [-0.39, 0.29) is 0 Å². The summed E-state index contributed by atoms with van der Waals surface area (Å²) < 4.78 is 5.26. The van der Waals surface area contributed by atoms with Crippen molar-refractivity contribution in [2.45, 2.75) is 53.0 Å². The van der Waals surface area contributed by atoms with Gasteiger partial charge in [-0.1, -0.05) is 48.8 Å². The molecule has 2 aromatic rings. The van der Waals surface area contributed by atoms with E-state index in [1.54, 1.807) is 0 Å². The molecule has 136 valence electrons. The fraction of sp³-hybridized carbons (Fsp3) is 0.526. The minimum atomic E-state index is 0.296. The molecule has 0 saturated heterocycles. The third-order valence-corrected chi connectivity index (χ3v) is 3.74. The Morgan fingerprint density at radius 3 is 2.60 bits per heavy atom. The predicted octanol–water partition coefficient (Wildman–Crippen LogP) is 3.19. The molecule has 0 aliphatic rings. The van der Waals surface area contributed by atoms with E-state index in [1.165, 1.54) is 11.1 Å². The molecule has 0 saturated carbocycles. The highest BCUT2D eigenvalue weighted by Gasteiger charge is 2.09. The zero-order chi connectivity index (χ0) is 18.1. The quantitative estimate of drug-likeness (QED) is 0.437. The number of hydrogen-bond donors (Lipinski definition) is 2. The van der Waals surface area contributed by atoms with Gasteiger partial charge in [-0.25, -0.2) is 4.99 Å². The summed E-state index contributed by atoms with van der Waals surface area (Å²) in [6.45, 7) is 10.6. The van der Waals surface area contributed by atoms with Gasteiger partial charge in [-0.3, -0.25) is 0 Å². The van der Waals surface area contributed by atoms with Gasteiger partial charge in [0.1, 0.15) is 0 Å². The van der Waals surface area contributed by atoms with Crippen LogP contribution in [0.15, 0.2) is 33.8 Å². The van der Waals surface area contributed by atoms with Crippen LogP contribution in [0.25, 0.3) is 0 Å². The summed E-state index contributed by atoms with van der Waals surface area (Å²) in [6.07, 6.45) is 1.68. The molecule has 0 radical (unpaired) electrons. The molecular weight excluding hydrogens is 314 g/mol. The number of benzene rings is 1. The van der Waals surface area contributed by atoms with Crippen LogP contribution in [0, 0.1) is 6.92 Å². The number of aromatic nitrogens is 2. The van der Waals surface area contributed by atoms with Crippen molar-refractivity contribution in [2.24, 2.45) is 4.99 Å². The Morgan fingerprint density at radius 2 is 1.96 bits per heavy atom. The lowest BCUT2D eigenvalue weighted by molar-refractivity contribution is 0.368. The summed E-state index contributed by atoms with van der Waals surface area (Å²) in [6, 6.07) is 8.45. The largest absolute Gasteiger partial charge is 0.357 e. The van der Waals surface area contributed by atoms with Crippen LogP contribution in [0.3, 0.4) is 0 Å². The van der Waals surface area contributed by atoms with Gasteiger partial charge >= 0.3 is 0 Å². The van der Waals surface area contributed by atoms with Crippen LogP contribution < -0.4 is 10.6 Å². The van der Waals surface area contributed by atoms with Crippen LogP contribution in [0.5, 0.6) is 0 Å². The maximum absolute atomic E-state index is 5.26. The summed E-state index contributed by atoms with van der Waals surface area (Å²) in [4.78, 5) is 9.02. The first-order valence-corrected chi connectivity index (χ1v) is 8.98. The van der Waals surface area contributed by atoms with E-state index in [1.807, 2.05) is 0 Å². The normalized spacial score (nSPS) is 11.8. The lowest BCUT2D eigenvalue weighted by atomic mass is 10.1. The average molecular weight is 343 g/mol. The first-order valence-electron chi connectivity index (χ1n) is 8.98. The van der Waals surface area contributed by atoms with Crippen LogP contribution in [0.2, 0.25) is 0 Å². The van der Waals surface area contributed by atoms with Gasteiger partial charge in [0, 0.05) is 25.4 Å². The molecule has 1 aromatic heterocycles. The molecule has 1 aromatic carbocycles. The third-order valence-electron chi connectivity index (χ3n) is 3.74. The topological polar surface area (TPSA) is 75.3 Å². The van der Waals surface area contributed by atoms with E-state index in [0.29, 0.717) is 18.4 Å². The molecule has 2 rings (SSSR count). The monoisotopic (exact) mass is 343 g/mol. The maximum atomic E-state index is 5.26. The van der Waals surface area contributed by atoms with Crippen molar-refractivity contribution in [3.05, 3.63) is 47.1 Å². The van der Waals surface area contributed by atoms with Crippen molar-refractivity contribution >= 4 is 5.96 Å². The lowest BCUT2D eigenvalue weighted by Gasteiger charge is -2.10. The first-order chi connectivity index (χ1) is 12.1. The molecule has 0 aliphatic heterocycles. The smallest absolute Gasteiger partial charge is 0.226 e. The molecule has 0 aliphatic carbocycles. The van der Waals surface area contributed by atoms with Gasteiger partial charge in [0.05, 0.1) is 6.54 Å². The number of rotatable bonds is 8. The third kappa shape index (κ3) is 6.57. The van der Waals surface area contributed by atoms with Crippen molar-refractivity contribution in [1.82, 2.24) is 20.8 Å². The van der Waals surface area contributed by atoms with E-state index >= 15 is 0 Å². The molecule has 0 atom stereocenters. The van der Waals surface area contributed by atoms with Gasteiger partial charge in [0.15, 0.2) is 11.8 Å². The molecular formula is C19H29N5O. The summed E-state index contributed by atoms with van der Waals surface area (Å²) in [5.41, 5.74) is 2.47. The van der Waals surface area contributed by atoms with Crippen LogP contribution >= 0.6 is 0 Å².